The van der Waals surface area contributed by atoms with Crippen molar-refractivity contribution in [3.63, 3.8) is 0 Å². The second-order valence-electron chi connectivity index (χ2n) is 3.96. The van der Waals surface area contributed by atoms with Crippen LogP contribution in [0.4, 0.5) is 0 Å². The number of nitrogens with zero attached hydrogens (tertiary/aromatic N) is 1. The van der Waals surface area contributed by atoms with Crippen LogP contribution < -0.4 is 0 Å². The molecule has 1 aromatic rings. The van der Waals surface area contributed by atoms with E-state index in [9.17, 15) is 4.79 Å². The maximum absolute atomic E-state index is 11.1. The lowest BCUT2D eigenvalue weighted by Crippen LogP contribution is -2.24. The molecule has 16 heavy (non-hydrogen) atoms. The van der Waals surface area contributed by atoms with Crippen LogP contribution in [0.5, 0.6) is 0 Å². The maximum Gasteiger partial charge on any atom is 0.352 e. The van der Waals surface area contributed by atoms with Gasteiger partial charge in [-0.2, -0.15) is 0 Å². The highest BCUT2D eigenvalue weighted by Gasteiger charge is 2.21. The standard InChI is InChI=1S/C12H19NO3/c1-5-16-10(4)9(3)13-7-6-8(2)11(13)12(14)15/h6-7,9-10H,5H2,1-4H3,(H,14,15). The minimum atomic E-state index is -0.891. The molecule has 0 fully saturated rings. The highest BCUT2D eigenvalue weighted by atomic mass is 16.5. The molecule has 0 bridgehead atoms. The molecule has 1 N–H and O–H groups in total. The van der Waals surface area contributed by atoms with Gasteiger partial charge < -0.3 is 14.4 Å². The van der Waals surface area contributed by atoms with E-state index in [0.717, 1.165) is 5.56 Å². The number of aryl methyl sites for hydroxylation is 1. The van der Waals surface area contributed by atoms with Crippen LogP contribution in [0.3, 0.4) is 0 Å². The third kappa shape index (κ3) is 2.44. The molecule has 2 unspecified atom stereocenters. The predicted molar refractivity (Wildman–Crippen MR) is 61.9 cm³/mol. The van der Waals surface area contributed by atoms with Crippen LogP contribution in [0, 0.1) is 6.92 Å². The maximum atomic E-state index is 11.1. The molecular formula is C12H19NO3. The van der Waals surface area contributed by atoms with Crippen molar-refractivity contribution in [2.24, 2.45) is 0 Å². The van der Waals surface area contributed by atoms with Gasteiger partial charge in [0.25, 0.3) is 0 Å². The van der Waals surface area contributed by atoms with Crippen molar-refractivity contribution in [1.29, 1.82) is 0 Å². The molecule has 0 saturated heterocycles. The van der Waals surface area contributed by atoms with Gasteiger partial charge in [0.1, 0.15) is 5.69 Å². The monoisotopic (exact) mass is 225 g/mol. The molecule has 0 amide bonds. The lowest BCUT2D eigenvalue weighted by Gasteiger charge is -2.23. The van der Waals surface area contributed by atoms with Gasteiger partial charge in [0.15, 0.2) is 0 Å². The SMILES string of the molecule is CCOC(C)C(C)n1ccc(C)c1C(=O)O. The predicted octanol–water partition coefficient (Wildman–Crippen LogP) is 2.48. The van der Waals surface area contributed by atoms with Gasteiger partial charge >= 0.3 is 5.97 Å². The summed E-state index contributed by atoms with van der Waals surface area (Å²) < 4.78 is 7.25. The average molecular weight is 225 g/mol. The first-order valence-corrected chi connectivity index (χ1v) is 5.51. The van der Waals surface area contributed by atoms with Gasteiger partial charge in [-0.25, -0.2) is 4.79 Å². The van der Waals surface area contributed by atoms with Crippen LogP contribution >= 0.6 is 0 Å². The van der Waals surface area contributed by atoms with E-state index in [2.05, 4.69) is 0 Å². The van der Waals surface area contributed by atoms with Gasteiger partial charge in [0, 0.05) is 12.8 Å². The van der Waals surface area contributed by atoms with Crippen molar-refractivity contribution in [2.75, 3.05) is 6.61 Å². The number of aromatic carboxylic acids is 1. The number of ether oxygens (including phenoxy) is 1. The molecule has 0 aliphatic rings. The number of hydrogen-bond donors (Lipinski definition) is 1. The Hall–Kier alpha value is -1.29. The minimum absolute atomic E-state index is 0.00472. The van der Waals surface area contributed by atoms with E-state index in [1.165, 1.54) is 0 Å². The average Bonchev–Trinajstić information content (AvgIpc) is 2.59. The highest BCUT2D eigenvalue weighted by molar-refractivity contribution is 5.87. The van der Waals surface area contributed by atoms with Gasteiger partial charge in [0.2, 0.25) is 0 Å². The van der Waals surface area contributed by atoms with Gasteiger partial charge in [-0.05, 0) is 39.3 Å². The lowest BCUT2D eigenvalue weighted by molar-refractivity contribution is 0.0404. The molecular weight excluding hydrogens is 206 g/mol. The third-order valence-corrected chi connectivity index (χ3v) is 2.87. The fourth-order valence-electron chi connectivity index (χ4n) is 1.80. The van der Waals surface area contributed by atoms with E-state index in [1.54, 1.807) is 17.7 Å². The normalized spacial score (nSPS) is 14.8. The molecule has 1 heterocycles. The molecule has 90 valence electrons. The number of carbonyl (C=O) groups is 1. The number of carboxylic acid groups (broad SMARTS) is 1. The molecule has 4 nitrogen and oxygen atoms in total. The number of carboxylic acids is 1. The molecule has 1 rings (SSSR count). The summed E-state index contributed by atoms with van der Waals surface area (Å²) in [6.45, 7) is 8.29. The van der Waals surface area contributed by atoms with Gasteiger partial charge in [-0.15, -0.1) is 0 Å². The third-order valence-electron chi connectivity index (χ3n) is 2.87. The van der Waals surface area contributed by atoms with E-state index in [4.69, 9.17) is 9.84 Å². The molecule has 0 radical (unpaired) electrons. The van der Waals surface area contributed by atoms with E-state index in [0.29, 0.717) is 12.3 Å². The fraction of sp³-hybridized carbons (Fsp3) is 0.583. The van der Waals surface area contributed by atoms with Crippen LogP contribution in [0.25, 0.3) is 0 Å². The van der Waals surface area contributed by atoms with Gasteiger partial charge in [-0.3, -0.25) is 0 Å². The second kappa shape index (κ2) is 5.16. The lowest BCUT2D eigenvalue weighted by atomic mass is 10.2. The summed E-state index contributed by atoms with van der Waals surface area (Å²) in [7, 11) is 0. The number of aromatic nitrogens is 1. The fourth-order valence-corrected chi connectivity index (χ4v) is 1.80. The van der Waals surface area contributed by atoms with Crippen LogP contribution in [0.15, 0.2) is 12.3 Å². The van der Waals surface area contributed by atoms with E-state index < -0.39 is 5.97 Å². The Morgan fingerprint density at radius 1 is 1.56 bits per heavy atom. The van der Waals surface area contributed by atoms with Crippen molar-refractivity contribution in [3.05, 3.63) is 23.5 Å². The number of hydrogen-bond acceptors (Lipinski definition) is 2. The van der Waals surface area contributed by atoms with Crippen molar-refractivity contribution >= 4 is 5.97 Å². The number of rotatable bonds is 5. The Bertz CT molecular complexity index is 370. The van der Waals surface area contributed by atoms with Crippen LogP contribution in [-0.2, 0) is 4.74 Å². The Kier molecular flexibility index (Phi) is 4.12. The van der Waals surface area contributed by atoms with Crippen LogP contribution in [0.1, 0.15) is 42.9 Å². The Balaban J connectivity index is 2.99. The second-order valence-corrected chi connectivity index (χ2v) is 3.96. The van der Waals surface area contributed by atoms with Crippen molar-refractivity contribution in [2.45, 2.75) is 39.8 Å². The molecule has 0 aromatic carbocycles. The molecule has 0 aliphatic heterocycles. The zero-order valence-electron chi connectivity index (χ0n) is 10.2. The van der Waals surface area contributed by atoms with Gasteiger partial charge in [-0.1, -0.05) is 0 Å². The van der Waals surface area contributed by atoms with E-state index >= 15 is 0 Å². The molecule has 0 spiro atoms. The molecule has 4 heteroatoms. The van der Waals surface area contributed by atoms with Crippen molar-refractivity contribution < 1.29 is 14.6 Å². The molecule has 2 atom stereocenters. The van der Waals surface area contributed by atoms with Crippen molar-refractivity contribution in [1.82, 2.24) is 4.57 Å². The first kappa shape index (κ1) is 12.8. The summed E-state index contributed by atoms with van der Waals surface area (Å²) in [5, 5.41) is 9.13. The largest absolute Gasteiger partial charge is 0.477 e. The summed E-state index contributed by atoms with van der Waals surface area (Å²) >= 11 is 0. The molecule has 1 aromatic heterocycles. The van der Waals surface area contributed by atoms with Crippen LogP contribution in [0.2, 0.25) is 0 Å². The first-order valence-electron chi connectivity index (χ1n) is 5.51. The summed E-state index contributed by atoms with van der Waals surface area (Å²) in [5.74, 6) is -0.891. The summed E-state index contributed by atoms with van der Waals surface area (Å²) in [6, 6.07) is 1.83. The molecule has 0 aliphatic carbocycles. The van der Waals surface area contributed by atoms with E-state index in [1.807, 2.05) is 26.8 Å². The zero-order chi connectivity index (χ0) is 12.3. The Labute approximate surface area is 95.8 Å². The van der Waals surface area contributed by atoms with E-state index in [-0.39, 0.29) is 12.1 Å². The minimum Gasteiger partial charge on any atom is -0.477 e. The smallest absolute Gasteiger partial charge is 0.352 e. The van der Waals surface area contributed by atoms with Gasteiger partial charge in [0.05, 0.1) is 12.1 Å². The van der Waals surface area contributed by atoms with Crippen molar-refractivity contribution in [3.8, 4) is 0 Å². The topological polar surface area (TPSA) is 51.5 Å². The summed E-state index contributed by atoms with van der Waals surface area (Å²) in [5.41, 5.74) is 1.13. The quantitative estimate of drug-likeness (QED) is 0.837. The summed E-state index contributed by atoms with van der Waals surface area (Å²) in [4.78, 5) is 11.1. The van der Waals surface area contributed by atoms with Crippen LogP contribution in [-0.4, -0.2) is 28.4 Å². The summed E-state index contributed by atoms with van der Waals surface area (Å²) in [6.07, 6.45) is 1.80. The Morgan fingerprint density at radius 2 is 2.19 bits per heavy atom. The molecule has 0 saturated carbocycles. The first-order chi connectivity index (χ1) is 7.49. The Morgan fingerprint density at radius 3 is 2.69 bits per heavy atom. The zero-order valence-corrected chi connectivity index (χ0v) is 10.2. The highest BCUT2D eigenvalue weighted by Crippen LogP contribution is 2.20.